The normalized spacial score (nSPS) is 11.6. The number of nitrogens with zero attached hydrogens (tertiary/aromatic N) is 1. The number of rotatable bonds is 10. The van der Waals surface area contributed by atoms with Crippen LogP contribution in [-0.2, 0) is 16.1 Å². The molecule has 2 aromatic carbocycles. The first-order valence-electron chi connectivity index (χ1n) is 9.92. The highest BCUT2D eigenvalue weighted by atomic mass is 35.5. The molecule has 0 aliphatic carbocycles. The lowest BCUT2D eigenvalue weighted by Crippen LogP contribution is -2.49. The fourth-order valence-electron chi connectivity index (χ4n) is 2.83. The molecule has 0 saturated heterocycles. The van der Waals surface area contributed by atoms with Gasteiger partial charge in [0.15, 0.2) is 6.61 Å². The quantitative estimate of drug-likeness (QED) is 0.585. The van der Waals surface area contributed by atoms with Crippen molar-refractivity contribution in [2.45, 2.75) is 46.2 Å². The number of nitrogens with one attached hydrogen (secondary N) is 1. The zero-order valence-corrected chi connectivity index (χ0v) is 18.0. The number of hydrogen-bond acceptors (Lipinski definition) is 3. The van der Waals surface area contributed by atoms with Crippen molar-refractivity contribution in [3.8, 4) is 5.75 Å². The van der Waals surface area contributed by atoms with Crippen LogP contribution >= 0.6 is 11.6 Å². The van der Waals surface area contributed by atoms with Gasteiger partial charge in [-0.25, -0.2) is 0 Å². The predicted molar refractivity (Wildman–Crippen MR) is 116 cm³/mol. The molecule has 0 spiro atoms. The van der Waals surface area contributed by atoms with Crippen LogP contribution in [0.15, 0.2) is 48.5 Å². The fraction of sp³-hybridized carbons (Fsp3) is 0.391. The fourth-order valence-corrected chi connectivity index (χ4v) is 2.95. The van der Waals surface area contributed by atoms with E-state index in [9.17, 15) is 9.59 Å². The first-order valence-corrected chi connectivity index (χ1v) is 10.3. The summed E-state index contributed by atoms with van der Waals surface area (Å²) >= 11 is 6.04. The van der Waals surface area contributed by atoms with Gasteiger partial charge in [-0.15, -0.1) is 0 Å². The minimum absolute atomic E-state index is 0.152. The summed E-state index contributed by atoms with van der Waals surface area (Å²) in [5, 5.41) is 3.55. The molecule has 29 heavy (non-hydrogen) atoms. The standard InChI is InChI=1S/C23H29ClN2O3/c1-4-5-13-25-23(28)18(3)26(15-19-9-7-6-8-10-19)22(27)16-29-20-11-12-21(24)17(2)14-20/h6-12,14,18H,4-5,13,15-16H2,1-3H3,(H,25,28)/t18-/m0/s1. The predicted octanol–water partition coefficient (Wildman–Crippen LogP) is 4.36. The zero-order valence-electron chi connectivity index (χ0n) is 17.3. The third-order valence-electron chi connectivity index (χ3n) is 4.68. The molecule has 0 aliphatic rings. The van der Waals surface area contributed by atoms with Crippen molar-refractivity contribution in [1.82, 2.24) is 10.2 Å². The highest BCUT2D eigenvalue weighted by molar-refractivity contribution is 6.31. The second-order valence-electron chi connectivity index (χ2n) is 7.03. The van der Waals surface area contributed by atoms with E-state index < -0.39 is 6.04 Å². The van der Waals surface area contributed by atoms with Crippen LogP contribution in [0.2, 0.25) is 5.02 Å². The van der Waals surface area contributed by atoms with Crippen LogP contribution in [0, 0.1) is 6.92 Å². The zero-order chi connectivity index (χ0) is 21.2. The molecule has 0 saturated carbocycles. The second-order valence-corrected chi connectivity index (χ2v) is 7.43. The van der Waals surface area contributed by atoms with Crippen molar-refractivity contribution in [3.63, 3.8) is 0 Å². The average Bonchev–Trinajstić information content (AvgIpc) is 2.73. The number of carbonyl (C=O) groups is 2. The number of amides is 2. The van der Waals surface area contributed by atoms with Crippen LogP contribution in [0.4, 0.5) is 0 Å². The van der Waals surface area contributed by atoms with E-state index in [1.54, 1.807) is 30.0 Å². The molecular weight excluding hydrogens is 388 g/mol. The molecule has 156 valence electrons. The van der Waals surface area contributed by atoms with E-state index in [0.717, 1.165) is 24.0 Å². The van der Waals surface area contributed by atoms with Crippen molar-refractivity contribution in [3.05, 3.63) is 64.7 Å². The summed E-state index contributed by atoms with van der Waals surface area (Å²) < 4.78 is 5.67. The van der Waals surface area contributed by atoms with Crippen LogP contribution in [0.25, 0.3) is 0 Å². The maximum Gasteiger partial charge on any atom is 0.261 e. The van der Waals surface area contributed by atoms with Crippen LogP contribution in [-0.4, -0.2) is 35.9 Å². The van der Waals surface area contributed by atoms with E-state index >= 15 is 0 Å². The Morgan fingerprint density at radius 2 is 1.90 bits per heavy atom. The molecule has 5 nitrogen and oxygen atoms in total. The van der Waals surface area contributed by atoms with Crippen LogP contribution in [0.5, 0.6) is 5.75 Å². The van der Waals surface area contributed by atoms with Gasteiger partial charge in [-0.05, 0) is 49.6 Å². The molecule has 2 amide bonds. The second kappa shape index (κ2) is 11.5. The maximum atomic E-state index is 12.9. The summed E-state index contributed by atoms with van der Waals surface area (Å²) in [5.41, 5.74) is 1.83. The number of ether oxygens (including phenoxy) is 1. The van der Waals surface area contributed by atoms with E-state index in [1.165, 1.54) is 0 Å². The molecule has 0 unspecified atom stereocenters. The molecule has 0 fully saturated rings. The van der Waals surface area contributed by atoms with E-state index in [1.807, 2.05) is 37.3 Å². The first-order chi connectivity index (χ1) is 13.9. The number of halogens is 1. The molecule has 2 aromatic rings. The average molecular weight is 417 g/mol. The summed E-state index contributed by atoms with van der Waals surface area (Å²) in [6, 6.07) is 14.3. The summed E-state index contributed by atoms with van der Waals surface area (Å²) in [6.07, 6.45) is 1.90. The topological polar surface area (TPSA) is 58.6 Å². The first kappa shape index (κ1) is 22.8. The van der Waals surface area contributed by atoms with E-state index in [-0.39, 0.29) is 18.4 Å². The van der Waals surface area contributed by atoms with Gasteiger partial charge in [-0.3, -0.25) is 9.59 Å². The summed E-state index contributed by atoms with van der Waals surface area (Å²) in [4.78, 5) is 27.0. The molecule has 1 atom stereocenters. The van der Waals surface area contributed by atoms with Crippen molar-refractivity contribution in [2.75, 3.05) is 13.2 Å². The molecule has 2 rings (SSSR count). The lowest BCUT2D eigenvalue weighted by atomic mass is 10.1. The molecule has 0 bridgehead atoms. The molecule has 0 aliphatic heterocycles. The van der Waals surface area contributed by atoms with Crippen molar-refractivity contribution < 1.29 is 14.3 Å². The van der Waals surface area contributed by atoms with E-state index in [0.29, 0.717) is 23.9 Å². The Morgan fingerprint density at radius 1 is 1.17 bits per heavy atom. The molecule has 0 radical (unpaired) electrons. The lowest BCUT2D eigenvalue weighted by Gasteiger charge is -2.28. The van der Waals surface area contributed by atoms with Crippen molar-refractivity contribution in [1.29, 1.82) is 0 Å². The highest BCUT2D eigenvalue weighted by Gasteiger charge is 2.26. The molecule has 6 heteroatoms. The van der Waals surface area contributed by atoms with Gasteiger partial charge in [0.1, 0.15) is 11.8 Å². The van der Waals surface area contributed by atoms with Crippen LogP contribution in [0.3, 0.4) is 0 Å². The minimum Gasteiger partial charge on any atom is -0.484 e. The maximum absolute atomic E-state index is 12.9. The molecule has 1 N–H and O–H groups in total. The van der Waals surface area contributed by atoms with Crippen LogP contribution in [0.1, 0.15) is 37.8 Å². The van der Waals surface area contributed by atoms with Crippen molar-refractivity contribution in [2.24, 2.45) is 0 Å². The number of carbonyl (C=O) groups excluding carboxylic acids is 2. The number of hydrogen-bond donors (Lipinski definition) is 1. The Balaban J connectivity index is 2.08. The number of unbranched alkanes of at least 4 members (excludes halogenated alkanes) is 1. The van der Waals surface area contributed by atoms with E-state index in [4.69, 9.17) is 16.3 Å². The van der Waals surface area contributed by atoms with Gasteiger partial charge in [-0.2, -0.15) is 0 Å². The van der Waals surface area contributed by atoms with E-state index in [2.05, 4.69) is 12.2 Å². The Hall–Kier alpha value is -2.53. The van der Waals surface area contributed by atoms with Gasteiger partial charge in [0.05, 0.1) is 0 Å². The van der Waals surface area contributed by atoms with Crippen LogP contribution < -0.4 is 10.1 Å². The van der Waals surface area contributed by atoms with Crippen molar-refractivity contribution >= 4 is 23.4 Å². The Bertz CT molecular complexity index is 811. The van der Waals surface area contributed by atoms with Gasteiger partial charge in [-0.1, -0.05) is 55.3 Å². The monoisotopic (exact) mass is 416 g/mol. The Kier molecular flexibility index (Phi) is 9.00. The lowest BCUT2D eigenvalue weighted by molar-refractivity contribution is -0.142. The van der Waals surface area contributed by atoms with Gasteiger partial charge < -0.3 is 15.0 Å². The largest absolute Gasteiger partial charge is 0.484 e. The van der Waals surface area contributed by atoms with Gasteiger partial charge >= 0.3 is 0 Å². The van der Waals surface area contributed by atoms with Gasteiger partial charge in [0.25, 0.3) is 5.91 Å². The summed E-state index contributed by atoms with van der Waals surface area (Å²) in [7, 11) is 0. The SMILES string of the molecule is CCCCNC(=O)[C@H](C)N(Cc1ccccc1)C(=O)COc1ccc(Cl)c(C)c1. The third kappa shape index (κ3) is 7.09. The molecule has 0 heterocycles. The highest BCUT2D eigenvalue weighted by Crippen LogP contribution is 2.21. The molecular formula is C23H29ClN2O3. The number of aryl methyl sites for hydroxylation is 1. The van der Waals surface area contributed by atoms with Gasteiger partial charge in [0.2, 0.25) is 5.91 Å². The smallest absolute Gasteiger partial charge is 0.261 e. The Morgan fingerprint density at radius 3 is 2.55 bits per heavy atom. The minimum atomic E-state index is -0.602. The van der Waals surface area contributed by atoms with Gasteiger partial charge in [0, 0.05) is 18.1 Å². The third-order valence-corrected chi connectivity index (χ3v) is 5.11. The number of benzene rings is 2. The Labute approximate surface area is 178 Å². The summed E-state index contributed by atoms with van der Waals surface area (Å²) in [6.45, 7) is 6.48. The summed E-state index contributed by atoms with van der Waals surface area (Å²) in [5.74, 6) is 0.157. The molecule has 0 aromatic heterocycles.